The molecule has 1 fully saturated rings. The van der Waals surface area contributed by atoms with Crippen LogP contribution >= 0.6 is 0 Å². The van der Waals surface area contributed by atoms with Gasteiger partial charge in [0.15, 0.2) is 0 Å². The van der Waals surface area contributed by atoms with Gasteiger partial charge in [0.05, 0.1) is 4.90 Å². The van der Waals surface area contributed by atoms with Crippen molar-refractivity contribution in [1.82, 2.24) is 4.90 Å². The van der Waals surface area contributed by atoms with Crippen LogP contribution in [0.15, 0.2) is 53.4 Å². The van der Waals surface area contributed by atoms with Crippen molar-refractivity contribution in [2.75, 3.05) is 23.1 Å². The summed E-state index contributed by atoms with van der Waals surface area (Å²) in [5, 5.41) is 3.14. The van der Waals surface area contributed by atoms with Crippen molar-refractivity contribution in [3.63, 3.8) is 0 Å². The summed E-state index contributed by atoms with van der Waals surface area (Å²) >= 11 is 0. The second-order valence-corrected chi connectivity index (χ2v) is 8.22. The van der Waals surface area contributed by atoms with Crippen LogP contribution in [0.1, 0.15) is 19.8 Å². The maximum Gasteiger partial charge on any atom is 0.261 e. The third kappa shape index (κ3) is 4.77. The summed E-state index contributed by atoms with van der Waals surface area (Å²) in [6.45, 7) is 3.41. The summed E-state index contributed by atoms with van der Waals surface area (Å²) < 4.78 is 40.0. The Labute approximate surface area is 158 Å². The summed E-state index contributed by atoms with van der Waals surface area (Å²) in [6.07, 6.45) is 2.09. The first-order valence-corrected chi connectivity index (χ1v) is 10.3. The van der Waals surface area contributed by atoms with E-state index in [9.17, 15) is 17.6 Å². The maximum absolute atomic E-state index is 13.0. The Balaban J connectivity index is 1.63. The monoisotopic (exact) mass is 391 g/mol. The number of carbonyl (C=O) groups excluding carboxylic acids is 1. The standard InChI is InChI=1S/C19H22FN3O3S/c1-14(19(24)23-12-2-3-13-23)21-16-6-8-17(9-7-16)22-27(25,26)18-10-4-15(20)5-11-18/h4-11,14,21-22H,2-3,12-13H2,1H3/t14-/m0/s1. The maximum atomic E-state index is 13.0. The summed E-state index contributed by atoms with van der Waals surface area (Å²) in [7, 11) is -3.79. The first-order valence-electron chi connectivity index (χ1n) is 8.79. The highest BCUT2D eigenvalue weighted by Gasteiger charge is 2.23. The fraction of sp³-hybridized carbons (Fsp3) is 0.316. The van der Waals surface area contributed by atoms with Gasteiger partial charge >= 0.3 is 0 Å². The molecule has 3 rings (SSSR count). The number of sulfonamides is 1. The molecule has 0 spiro atoms. The van der Waals surface area contributed by atoms with E-state index in [-0.39, 0.29) is 16.8 Å². The summed E-state index contributed by atoms with van der Waals surface area (Å²) in [4.78, 5) is 14.2. The van der Waals surface area contributed by atoms with E-state index in [1.165, 1.54) is 12.1 Å². The van der Waals surface area contributed by atoms with Crippen molar-refractivity contribution in [3.05, 3.63) is 54.3 Å². The van der Waals surface area contributed by atoms with Crippen molar-refractivity contribution in [3.8, 4) is 0 Å². The number of halogens is 1. The first kappa shape index (κ1) is 19.2. The van der Waals surface area contributed by atoms with E-state index in [0.717, 1.165) is 43.8 Å². The minimum absolute atomic E-state index is 0.0177. The van der Waals surface area contributed by atoms with E-state index < -0.39 is 15.8 Å². The van der Waals surface area contributed by atoms with E-state index >= 15 is 0 Å². The van der Waals surface area contributed by atoms with Crippen molar-refractivity contribution in [1.29, 1.82) is 0 Å². The van der Waals surface area contributed by atoms with Crippen LogP contribution in [0.25, 0.3) is 0 Å². The van der Waals surface area contributed by atoms with Gasteiger partial charge in [-0.1, -0.05) is 0 Å². The van der Waals surface area contributed by atoms with Crippen molar-refractivity contribution < 1.29 is 17.6 Å². The molecule has 144 valence electrons. The second-order valence-electron chi connectivity index (χ2n) is 6.54. The molecule has 0 aliphatic carbocycles. The Morgan fingerprint density at radius 2 is 1.56 bits per heavy atom. The zero-order valence-electron chi connectivity index (χ0n) is 15.0. The molecule has 27 heavy (non-hydrogen) atoms. The number of likely N-dealkylation sites (tertiary alicyclic amines) is 1. The lowest BCUT2D eigenvalue weighted by Gasteiger charge is -2.22. The smallest absolute Gasteiger partial charge is 0.261 e. The zero-order chi connectivity index (χ0) is 19.4. The summed E-state index contributed by atoms with van der Waals surface area (Å²) in [6, 6.07) is 10.9. The lowest BCUT2D eigenvalue weighted by atomic mass is 10.2. The number of amides is 1. The van der Waals surface area contributed by atoms with E-state index in [1.54, 1.807) is 24.3 Å². The Morgan fingerprint density at radius 1 is 1.00 bits per heavy atom. The lowest BCUT2D eigenvalue weighted by molar-refractivity contribution is -0.130. The quantitative estimate of drug-likeness (QED) is 0.793. The van der Waals surface area contributed by atoms with Crippen molar-refractivity contribution in [2.24, 2.45) is 0 Å². The molecule has 6 nitrogen and oxygen atoms in total. The Kier molecular flexibility index (Phi) is 5.65. The zero-order valence-corrected chi connectivity index (χ0v) is 15.8. The molecule has 0 saturated carbocycles. The first-order chi connectivity index (χ1) is 12.8. The molecule has 1 atom stereocenters. The van der Waals surface area contributed by atoms with Gasteiger partial charge in [-0.05, 0) is 68.3 Å². The van der Waals surface area contributed by atoms with Gasteiger partial charge in [0.25, 0.3) is 10.0 Å². The average molecular weight is 391 g/mol. The predicted molar refractivity (Wildman–Crippen MR) is 103 cm³/mol. The third-order valence-corrected chi connectivity index (χ3v) is 5.83. The van der Waals surface area contributed by atoms with Gasteiger partial charge in [-0.15, -0.1) is 0 Å². The molecule has 8 heteroatoms. The highest BCUT2D eigenvalue weighted by atomic mass is 32.2. The number of carbonyl (C=O) groups is 1. The van der Waals surface area contributed by atoms with Gasteiger partial charge in [0, 0.05) is 24.5 Å². The molecule has 2 N–H and O–H groups in total. The van der Waals surface area contributed by atoms with Gasteiger partial charge in [0.1, 0.15) is 11.9 Å². The number of rotatable bonds is 6. The molecule has 1 saturated heterocycles. The minimum atomic E-state index is -3.79. The molecule has 2 aromatic carbocycles. The largest absolute Gasteiger partial charge is 0.374 e. The van der Waals surface area contributed by atoms with E-state index in [2.05, 4.69) is 10.0 Å². The number of nitrogens with zero attached hydrogens (tertiary/aromatic N) is 1. The summed E-state index contributed by atoms with van der Waals surface area (Å²) in [5.41, 5.74) is 1.10. The van der Waals surface area contributed by atoms with E-state index in [1.807, 2.05) is 11.8 Å². The third-order valence-electron chi connectivity index (χ3n) is 4.43. The SMILES string of the molecule is C[C@H](Nc1ccc(NS(=O)(=O)c2ccc(F)cc2)cc1)C(=O)N1CCCC1. The van der Waals surface area contributed by atoms with Crippen LogP contribution in [0.2, 0.25) is 0 Å². The Morgan fingerprint density at radius 3 is 2.15 bits per heavy atom. The molecule has 1 heterocycles. The molecular formula is C19H22FN3O3S. The van der Waals surface area contributed by atoms with Gasteiger partial charge < -0.3 is 10.2 Å². The molecule has 1 amide bonds. The van der Waals surface area contributed by atoms with E-state index in [4.69, 9.17) is 0 Å². The van der Waals surface area contributed by atoms with Crippen LogP contribution in [0.4, 0.5) is 15.8 Å². The number of nitrogens with one attached hydrogen (secondary N) is 2. The van der Waals surface area contributed by atoms with Gasteiger partial charge in [0.2, 0.25) is 5.91 Å². The number of hydrogen-bond acceptors (Lipinski definition) is 4. The minimum Gasteiger partial charge on any atom is -0.374 e. The molecule has 1 aliphatic rings. The average Bonchev–Trinajstić information content (AvgIpc) is 3.17. The van der Waals surface area contributed by atoms with Gasteiger partial charge in [-0.3, -0.25) is 9.52 Å². The second kappa shape index (κ2) is 7.96. The molecule has 0 unspecified atom stereocenters. The number of benzene rings is 2. The molecule has 0 aromatic heterocycles. The molecule has 0 radical (unpaired) electrons. The number of hydrogen-bond donors (Lipinski definition) is 2. The molecule has 2 aromatic rings. The van der Waals surface area contributed by atoms with Crippen LogP contribution in [0, 0.1) is 5.82 Å². The Bertz CT molecular complexity index is 893. The van der Waals surface area contributed by atoms with Crippen LogP contribution in [-0.4, -0.2) is 38.4 Å². The van der Waals surface area contributed by atoms with Crippen LogP contribution in [0.5, 0.6) is 0 Å². The highest BCUT2D eigenvalue weighted by Crippen LogP contribution is 2.20. The Hall–Kier alpha value is -2.61. The normalized spacial score (nSPS) is 15.4. The van der Waals surface area contributed by atoms with Gasteiger partial charge in [-0.2, -0.15) is 0 Å². The lowest BCUT2D eigenvalue weighted by Crippen LogP contribution is -2.39. The molecule has 0 bridgehead atoms. The number of anilines is 2. The van der Waals surface area contributed by atoms with Crippen molar-refractivity contribution >= 4 is 27.3 Å². The van der Waals surface area contributed by atoms with Crippen LogP contribution in [0.3, 0.4) is 0 Å². The fourth-order valence-corrected chi connectivity index (χ4v) is 4.04. The topological polar surface area (TPSA) is 78.5 Å². The highest BCUT2D eigenvalue weighted by molar-refractivity contribution is 7.92. The van der Waals surface area contributed by atoms with Gasteiger partial charge in [-0.25, -0.2) is 12.8 Å². The molecule has 1 aliphatic heterocycles. The predicted octanol–water partition coefficient (Wildman–Crippen LogP) is 3.05. The summed E-state index contributed by atoms with van der Waals surface area (Å²) in [5.74, 6) is -0.435. The van der Waals surface area contributed by atoms with E-state index in [0.29, 0.717) is 5.69 Å². The van der Waals surface area contributed by atoms with Crippen molar-refractivity contribution in [2.45, 2.75) is 30.7 Å². The molecular weight excluding hydrogens is 369 g/mol. The fourth-order valence-electron chi connectivity index (χ4n) is 2.99. The van der Waals surface area contributed by atoms with Crippen LogP contribution in [-0.2, 0) is 14.8 Å². The van der Waals surface area contributed by atoms with Crippen LogP contribution < -0.4 is 10.0 Å².